The van der Waals surface area contributed by atoms with Gasteiger partial charge in [0.2, 0.25) is 11.9 Å². The Labute approximate surface area is 147 Å². The van der Waals surface area contributed by atoms with Crippen LogP contribution in [0.5, 0.6) is 0 Å². The van der Waals surface area contributed by atoms with E-state index in [-0.39, 0.29) is 5.91 Å². The minimum atomic E-state index is -0.107. The van der Waals surface area contributed by atoms with Crippen LogP contribution in [0.1, 0.15) is 45.4 Å². The Kier molecular flexibility index (Phi) is 5.77. The summed E-state index contributed by atoms with van der Waals surface area (Å²) < 4.78 is 0. The second-order valence-corrected chi connectivity index (χ2v) is 6.39. The lowest BCUT2D eigenvalue weighted by molar-refractivity contribution is -0.114. The maximum Gasteiger partial charge on any atom is 0.249 e. The summed E-state index contributed by atoms with van der Waals surface area (Å²) in [5.41, 5.74) is 1.51. The Morgan fingerprint density at radius 3 is 2.64 bits per heavy atom. The molecule has 2 aromatic rings. The molecule has 25 heavy (non-hydrogen) atoms. The molecule has 0 spiro atoms. The van der Waals surface area contributed by atoms with Gasteiger partial charge in [-0.3, -0.25) is 4.79 Å². The van der Waals surface area contributed by atoms with Gasteiger partial charge >= 0.3 is 0 Å². The first-order valence-corrected chi connectivity index (χ1v) is 8.80. The van der Waals surface area contributed by atoms with Crippen LogP contribution in [0, 0.1) is 0 Å². The molecule has 1 aliphatic carbocycles. The van der Waals surface area contributed by atoms with Crippen molar-refractivity contribution in [1.82, 2.24) is 15.2 Å². The second kappa shape index (κ2) is 8.41. The number of amides is 1. The monoisotopic (exact) mass is 340 g/mol. The van der Waals surface area contributed by atoms with E-state index in [9.17, 15) is 4.79 Å². The highest BCUT2D eigenvalue weighted by Gasteiger charge is 2.13. The predicted octanol–water partition coefficient (Wildman–Crippen LogP) is 3.71. The molecule has 1 aromatic heterocycles. The van der Waals surface area contributed by atoms with Gasteiger partial charge in [0, 0.05) is 24.3 Å². The summed E-state index contributed by atoms with van der Waals surface area (Å²) in [5.74, 6) is 1.06. The van der Waals surface area contributed by atoms with E-state index >= 15 is 0 Å². The van der Waals surface area contributed by atoms with Crippen LogP contribution in [0.15, 0.2) is 30.5 Å². The predicted molar refractivity (Wildman–Crippen MR) is 99.0 cm³/mol. The third kappa shape index (κ3) is 5.41. The number of hydrogen-bond acceptors (Lipinski definition) is 6. The van der Waals surface area contributed by atoms with Crippen LogP contribution in [0.4, 0.5) is 23.1 Å². The molecule has 0 atom stereocenters. The van der Waals surface area contributed by atoms with Crippen molar-refractivity contribution >= 4 is 29.0 Å². The number of anilines is 4. The fourth-order valence-corrected chi connectivity index (χ4v) is 3.07. The van der Waals surface area contributed by atoms with Crippen LogP contribution in [0.3, 0.4) is 0 Å². The van der Waals surface area contributed by atoms with Crippen molar-refractivity contribution in [2.75, 3.05) is 16.0 Å². The molecule has 0 unspecified atom stereocenters. The molecular formula is C18H24N6O. The van der Waals surface area contributed by atoms with Crippen molar-refractivity contribution in [3.8, 4) is 0 Å². The zero-order valence-corrected chi connectivity index (χ0v) is 14.5. The summed E-state index contributed by atoms with van der Waals surface area (Å²) in [6, 6.07) is 7.86. The van der Waals surface area contributed by atoms with E-state index in [1.807, 2.05) is 24.3 Å². The SMILES string of the molecule is CC(=O)Nc1cccc(Nc2nncc(NC3CCCCCC3)n2)c1. The first-order valence-electron chi connectivity index (χ1n) is 8.80. The third-order valence-electron chi connectivity index (χ3n) is 4.21. The lowest BCUT2D eigenvalue weighted by Gasteiger charge is -2.16. The van der Waals surface area contributed by atoms with E-state index in [4.69, 9.17) is 0 Å². The highest BCUT2D eigenvalue weighted by molar-refractivity contribution is 5.89. The largest absolute Gasteiger partial charge is 0.366 e. The molecule has 0 radical (unpaired) electrons. The van der Waals surface area contributed by atoms with Gasteiger partial charge in [0.05, 0.1) is 6.20 Å². The van der Waals surface area contributed by atoms with Gasteiger partial charge in [-0.2, -0.15) is 10.1 Å². The molecule has 3 rings (SSSR count). The van der Waals surface area contributed by atoms with Crippen LogP contribution >= 0.6 is 0 Å². The molecule has 1 aliphatic rings. The number of nitrogens with zero attached hydrogens (tertiary/aromatic N) is 3. The van der Waals surface area contributed by atoms with Crippen LogP contribution < -0.4 is 16.0 Å². The molecular weight excluding hydrogens is 316 g/mol. The van der Waals surface area contributed by atoms with Crippen molar-refractivity contribution in [2.45, 2.75) is 51.5 Å². The molecule has 1 amide bonds. The number of carbonyl (C=O) groups excluding carboxylic acids is 1. The van der Waals surface area contributed by atoms with Gasteiger partial charge in [0.15, 0.2) is 5.82 Å². The average molecular weight is 340 g/mol. The molecule has 0 aliphatic heterocycles. The van der Waals surface area contributed by atoms with E-state index in [0.29, 0.717) is 12.0 Å². The average Bonchev–Trinajstić information content (AvgIpc) is 2.83. The third-order valence-corrected chi connectivity index (χ3v) is 4.21. The lowest BCUT2D eigenvalue weighted by Crippen LogP contribution is -2.19. The van der Waals surface area contributed by atoms with Crippen molar-refractivity contribution in [3.05, 3.63) is 30.5 Å². The van der Waals surface area contributed by atoms with Crippen LogP contribution in [-0.2, 0) is 4.79 Å². The first kappa shape index (κ1) is 17.1. The number of nitrogens with one attached hydrogen (secondary N) is 3. The summed E-state index contributed by atoms with van der Waals surface area (Å²) >= 11 is 0. The van der Waals surface area contributed by atoms with E-state index in [2.05, 4.69) is 31.1 Å². The van der Waals surface area contributed by atoms with E-state index in [0.717, 1.165) is 17.2 Å². The Morgan fingerprint density at radius 1 is 1.12 bits per heavy atom. The minimum Gasteiger partial charge on any atom is -0.366 e. The summed E-state index contributed by atoms with van der Waals surface area (Å²) in [6.07, 6.45) is 9.16. The van der Waals surface area contributed by atoms with E-state index in [1.165, 1.54) is 45.4 Å². The maximum atomic E-state index is 11.2. The molecule has 7 heteroatoms. The Hall–Kier alpha value is -2.70. The quantitative estimate of drug-likeness (QED) is 0.719. The Bertz CT molecular complexity index is 712. The zero-order valence-electron chi connectivity index (χ0n) is 14.5. The highest BCUT2D eigenvalue weighted by atomic mass is 16.1. The van der Waals surface area contributed by atoms with Crippen LogP contribution in [0.2, 0.25) is 0 Å². The van der Waals surface area contributed by atoms with Crippen molar-refractivity contribution in [3.63, 3.8) is 0 Å². The van der Waals surface area contributed by atoms with E-state index < -0.39 is 0 Å². The number of benzene rings is 1. The number of carbonyl (C=O) groups is 1. The first-order chi connectivity index (χ1) is 12.2. The van der Waals surface area contributed by atoms with Gasteiger partial charge in [-0.25, -0.2) is 0 Å². The molecule has 0 bridgehead atoms. The molecule has 1 aromatic carbocycles. The molecule has 1 heterocycles. The van der Waals surface area contributed by atoms with Gasteiger partial charge in [-0.05, 0) is 31.0 Å². The fourth-order valence-electron chi connectivity index (χ4n) is 3.07. The smallest absolute Gasteiger partial charge is 0.249 e. The summed E-state index contributed by atoms with van der Waals surface area (Å²) in [6.45, 7) is 1.48. The molecule has 1 fully saturated rings. The van der Waals surface area contributed by atoms with Crippen molar-refractivity contribution in [2.24, 2.45) is 0 Å². The minimum absolute atomic E-state index is 0.107. The van der Waals surface area contributed by atoms with Crippen molar-refractivity contribution in [1.29, 1.82) is 0 Å². The molecule has 132 valence electrons. The normalized spacial score (nSPS) is 15.2. The highest BCUT2D eigenvalue weighted by Crippen LogP contribution is 2.21. The summed E-state index contributed by atoms with van der Waals surface area (Å²) in [7, 11) is 0. The van der Waals surface area contributed by atoms with Gasteiger partial charge < -0.3 is 16.0 Å². The molecule has 1 saturated carbocycles. The van der Waals surface area contributed by atoms with Crippen molar-refractivity contribution < 1.29 is 4.79 Å². The van der Waals surface area contributed by atoms with Gasteiger partial charge in [-0.1, -0.05) is 31.7 Å². The second-order valence-electron chi connectivity index (χ2n) is 6.39. The topological polar surface area (TPSA) is 91.8 Å². The van der Waals surface area contributed by atoms with E-state index in [1.54, 1.807) is 6.20 Å². The standard InChI is InChI=1S/C18H24N6O/c1-13(25)20-15-9-6-10-16(11-15)22-18-23-17(12-19-24-18)21-14-7-4-2-3-5-8-14/h6,9-12,14H,2-5,7-8H2,1H3,(H,20,25)(H2,21,22,23,24). The maximum absolute atomic E-state index is 11.2. The Balaban J connectivity index is 1.66. The Morgan fingerprint density at radius 2 is 1.88 bits per heavy atom. The lowest BCUT2D eigenvalue weighted by atomic mass is 10.1. The molecule has 3 N–H and O–H groups in total. The number of rotatable bonds is 5. The summed E-state index contributed by atoms with van der Waals surface area (Å²) in [5, 5.41) is 17.4. The molecule has 0 saturated heterocycles. The van der Waals surface area contributed by atoms with Gasteiger partial charge in [-0.15, -0.1) is 5.10 Å². The zero-order chi connectivity index (χ0) is 17.5. The fraction of sp³-hybridized carbons (Fsp3) is 0.444. The van der Waals surface area contributed by atoms with Crippen LogP contribution in [-0.4, -0.2) is 27.1 Å². The number of hydrogen-bond donors (Lipinski definition) is 3. The van der Waals surface area contributed by atoms with Gasteiger partial charge in [0.25, 0.3) is 0 Å². The molecule has 7 nitrogen and oxygen atoms in total. The van der Waals surface area contributed by atoms with Gasteiger partial charge in [0.1, 0.15) is 0 Å². The van der Waals surface area contributed by atoms with Crippen LogP contribution in [0.25, 0.3) is 0 Å². The summed E-state index contributed by atoms with van der Waals surface area (Å²) in [4.78, 5) is 15.7. The number of aromatic nitrogens is 3.